The average molecular weight is 429 g/mol. The van der Waals surface area contributed by atoms with E-state index in [-0.39, 0.29) is 5.91 Å². The first-order valence-electron chi connectivity index (χ1n) is 12.5. The van der Waals surface area contributed by atoms with Crippen molar-refractivity contribution in [2.45, 2.75) is 86.1 Å². The van der Waals surface area contributed by atoms with Crippen LogP contribution in [0.3, 0.4) is 0 Å². The van der Waals surface area contributed by atoms with Crippen LogP contribution in [0.5, 0.6) is 0 Å². The second-order valence-corrected chi connectivity index (χ2v) is 8.71. The highest BCUT2D eigenvalue weighted by Crippen LogP contribution is 2.20. The van der Waals surface area contributed by atoms with Crippen molar-refractivity contribution in [3.8, 4) is 0 Å². The highest BCUT2D eigenvalue weighted by atomic mass is 16.2. The predicted molar refractivity (Wildman–Crippen MR) is 132 cm³/mol. The Labute approximate surface area is 189 Å². The standard InChI is InChI=1S/C26H44N4O/c1-6-10-18-29(19-11-7-2)26(31)23-13-14-24-25(21-23)30(22(5)27-24)20-12-17-28(15-8-3)16-9-4/h13-14,21H,6-12,15-20H2,1-5H3. The number of imidazole rings is 1. The lowest BCUT2D eigenvalue weighted by molar-refractivity contribution is 0.0751. The molecule has 1 aromatic heterocycles. The molecule has 0 aliphatic heterocycles. The number of rotatable bonds is 15. The highest BCUT2D eigenvalue weighted by Gasteiger charge is 2.17. The number of fused-ring (bicyclic) bond motifs is 1. The predicted octanol–water partition coefficient (Wildman–Crippen LogP) is 5.90. The summed E-state index contributed by atoms with van der Waals surface area (Å²) in [5, 5.41) is 0. The largest absolute Gasteiger partial charge is 0.339 e. The molecule has 0 atom stereocenters. The fraction of sp³-hybridized carbons (Fsp3) is 0.692. The SMILES string of the molecule is CCCCN(CCCC)C(=O)c1ccc2nc(C)n(CCCN(CCC)CCC)c2c1. The Kier molecular flexibility index (Phi) is 11.1. The van der Waals surface area contributed by atoms with E-state index in [1.807, 2.05) is 17.0 Å². The molecule has 1 heterocycles. The molecule has 0 N–H and O–H groups in total. The van der Waals surface area contributed by atoms with Gasteiger partial charge in [-0.1, -0.05) is 40.5 Å². The normalized spacial score (nSPS) is 11.5. The van der Waals surface area contributed by atoms with Gasteiger partial charge in [0.1, 0.15) is 5.82 Å². The molecule has 5 nitrogen and oxygen atoms in total. The van der Waals surface area contributed by atoms with Gasteiger partial charge in [-0.3, -0.25) is 4.79 Å². The molecular weight excluding hydrogens is 384 g/mol. The third-order valence-electron chi connectivity index (χ3n) is 5.97. The van der Waals surface area contributed by atoms with E-state index in [1.54, 1.807) is 0 Å². The van der Waals surface area contributed by atoms with E-state index in [1.165, 1.54) is 25.9 Å². The van der Waals surface area contributed by atoms with Crippen molar-refractivity contribution in [1.29, 1.82) is 0 Å². The van der Waals surface area contributed by atoms with E-state index >= 15 is 0 Å². The van der Waals surface area contributed by atoms with E-state index in [4.69, 9.17) is 4.98 Å². The second-order valence-electron chi connectivity index (χ2n) is 8.71. The number of hydrogen-bond acceptors (Lipinski definition) is 3. The lowest BCUT2D eigenvalue weighted by atomic mass is 10.1. The van der Waals surface area contributed by atoms with Crippen molar-refractivity contribution >= 4 is 16.9 Å². The molecule has 174 valence electrons. The van der Waals surface area contributed by atoms with E-state index in [0.717, 1.165) is 80.7 Å². The van der Waals surface area contributed by atoms with Crippen LogP contribution in [0.25, 0.3) is 11.0 Å². The Bertz CT molecular complexity index is 784. The van der Waals surface area contributed by atoms with E-state index in [2.05, 4.69) is 50.2 Å². The number of unbranched alkanes of at least 4 members (excludes halogenated alkanes) is 2. The van der Waals surface area contributed by atoms with Gasteiger partial charge in [-0.15, -0.1) is 0 Å². The van der Waals surface area contributed by atoms with Crippen LogP contribution in [-0.4, -0.2) is 58.0 Å². The molecule has 2 rings (SSSR count). The summed E-state index contributed by atoms with van der Waals surface area (Å²) in [4.78, 5) is 22.6. The van der Waals surface area contributed by atoms with Gasteiger partial charge in [0.05, 0.1) is 11.0 Å². The lowest BCUT2D eigenvalue weighted by Gasteiger charge is -2.23. The van der Waals surface area contributed by atoms with Gasteiger partial charge in [0, 0.05) is 25.2 Å². The first kappa shape index (κ1) is 25.4. The molecule has 0 radical (unpaired) electrons. The molecule has 0 saturated heterocycles. The van der Waals surface area contributed by atoms with E-state index < -0.39 is 0 Å². The van der Waals surface area contributed by atoms with Gasteiger partial charge in [0.25, 0.3) is 5.91 Å². The number of carbonyl (C=O) groups is 1. The third kappa shape index (κ3) is 7.34. The van der Waals surface area contributed by atoms with Gasteiger partial charge in [-0.25, -0.2) is 4.98 Å². The summed E-state index contributed by atoms with van der Waals surface area (Å²) >= 11 is 0. The van der Waals surface area contributed by atoms with Gasteiger partial charge >= 0.3 is 0 Å². The molecule has 1 amide bonds. The minimum absolute atomic E-state index is 0.159. The van der Waals surface area contributed by atoms with Crippen LogP contribution in [0.15, 0.2) is 18.2 Å². The van der Waals surface area contributed by atoms with Crippen LogP contribution in [0.2, 0.25) is 0 Å². The van der Waals surface area contributed by atoms with Crippen LogP contribution >= 0.6 is 0 Å². The molecule has 0 unspecified atom stereocenters. The van der Waals surface area contributed by atoms with E-state index in [9.17, 15) is 4.79 Å². The molecule has 2 aromatic rings. The molecule has 0 bridgehead atoms. The summed E-state index contributed by atoms with van der Waals surface area (Å²) in [6.07, 6.45) is 7.82. The summed E-state index contributed by atoms with van der Waals surface area (Å²) in [7, 11) is 0. The van der Waals surface area contributed by atoms with Crippen LogP contribution in [0.4, 0.5) is 0 Å². The number of benzene rings is 1. The quantitative estimate of drug-likeness (QED) is 0.355. The van der Waals surface area contributed by atoms with Gasteiger partial charge in [0.2, 0.25) is 0 Å². The zero-order valence-corrected chi connectivity index (χ0v) is 20.6. The van der Waals surface area contributed by atoms with Crippen LogP contribution in [0, 0.1) is 6.92 Å². The van der Waals surface area contributed by atoms with Crippen LogP contribution in [-0.2, 0) is 6.54 Å². The number of aromatic nitrogens is 2. The Morgan fingerprint density at radius 2 is 1.52 bits per heavy atom. The molecule has 0 spiro atoms. The molecule has 0 aliphatic rings. The summed E-state index contributed by atoms with van der Waals surface area (Å²) in [5.74, 6) is 1.19. The molecular formula is C26H44N4O. The Morgan fingerprint density at radius 1 is 0.871 bits per heavy atom. The zero-order valence-electron chi connectivity index (χ0n) is 20.6. The maximum atomic E-state index is 13.3. The number of aryl methyl sites for hydroxylation is 2. The monoisotopic (exact) mass is 428 g/mol. The van der Waals surface area contributed by atoms with Crippen LogP contribution < -0.4 is 0 Å². The summed E-state index contributed by atoms with van der Waals surface area (Å²) in [6, 6.07) is 6.04. The fourth-order valence-corrected chi connectivity index (χ4v) is 4.27. The minimum atomic E-state index is 0.159. The topological polar surface area (TPSA) is 41.4 Å². The Morgan fingerprint density at radius 3 is 2.10 bits per heavy atom. The smallest absolute Gasteiger partial charge is 0.253 e. The van der Waals surface area contributed by atoms with Crippen molar-refractivity contribution < 1.29 is 4.79 Å². The van der Waals surface area contributed by atoms with Crippen molar-refractivity contribution in [2.24, 2.45) is 0 Å². The number of amides is 1. The van der Waals surface area contributed by atoms with Gasteiger partial charge in [-0.2, -0.15) is 0 Å². The lowest BCUT2D eigenvalue weighted by Crippen LogP contribution is -2.33. The fourth-order valence-electron chi connectivity index (χ4n) is 4.27. The minimum Gasteiger partial charge on any atom is -0.339 e. The summed E-state index contributed by atoms with van der Waals surface area (Å²) in [5.41, 5.74) is 2.87. The van der Waals surface area contributed by atoms with Crippen molar-refractivity contribution in [3.63, 3.8) is 0 Å². The molecule has 0 saturated carbocycles. The maximum Gasteiger partial charge on any atom is 0.253 e. The molecule has 0 aliphatic carbocycles. The molecule has 31 heavy (non-hydrogen) atoms. The first-order valence-corrected chi connectivity index (χ1v) is 12.5. The molecule has 5 heteroatoms. The number of nitrogens with zero attached hydrogens (tertiary/aromatic N) is 4. The number of carbonyl (C=O) groups excluding carboxylic acids is 1. The molecule has 0 fully saturated rings. The summed E-state index contributed by atoms with van der Waals surface area (Å²) in [6.45, 7) is 17.0. The maximum absolute atomic E-state index is 13.3. The van der Waals surface area contributed by atoms with Gasteiger partial charge in [0.15, 0.2) is 0 Å². The zero-order chi connectivity index (χ0) is 22.6. The second kappa shape index (κ2) is 13.5. The van der Waals surface area contributed by atoms with Crippen LogP contribution in [0.1, 0.15) is 88.8 Å². The average Bonchev–Trinajstić information content (AvgIpc) is 3.08. The van der Waals surface area contributed by atoms with Crippen molar-refractivity contribution in [3.05, 3.63) is 29.6 Å². The summed E-state index contributed by atoms with van der Waals surface area (Å²) < 4.78 is 2.30. The Balaban J connectivity index is 2.17. The van der Waals surface area contributed by atoms with Crippen molar-refractivity contribution in [2.75, 3.05) is 32.7 Å². The first-order chi connectivity index (χ1) is 15.0. The number of hydrogen-bond donors (Lipinski definition) is 0. The Hall–Kier alpha value is -1.88. The third-order valence-corrected chi connectivity index (χ3v) is 5.97. The van der Waals surface area contributed by atoms with Crippen molar-refractivity contribution in [1.82, 2.24) is 19.4 Å². The van der Waals surface area contributed by atoms with Gasteiger partial charge in [-0.05, 0) is 76.9 Å². The van der Waals surface area contributed by atoms with Gasteiger partial charge < -0.3 is 14.4 Å². The molecule has 1 aromatic carbocycles. The van der Waals surface area contributed by atoms with E-state index in [0.29, 0.717) is 0 Å². The highest BCUT2D eigenvalue weighted by molar-refractivity contribution is 5.97.